The zero-order valence-corrected chi connectivity index (χ0v) is 41.6. The van der Waals surface area contributed by atoms with Crippen LogP contribution in [0.2, 0.25) is 0 Å². The molecule has 0 bridgehead atoms. The zero-order valence-electron chi connectivity index (χ0n) is 39.3. The van der Waals surface area contributed by atoms with Gasteiger partial charge in [-0.1, -0.05) is 174 Å². The van der Waals surface area contributed by atoms with Gasteiger partial charge in [-0.2, -0.15) is 6.07 Å². The number of anilines is 4. The number of pyridine rings is 1. The van der Waals surface area contributed by atoms with E-state index in [9.17, 15) is 0 Å². The third-order valence-corrected chi connectivity index (χ3v) is 13.2. The fraction of sp³-hybridized carbons (Fsp3) is 0.129. The molecule has 0 aliphatic carbocycles. The van der Waals surface area contributed by atoms with Gasteiger partial charge in [0.1, 0.15) is 17.0 Å². The molecule has 0 spiro atoms. The zero-order chi connectivity index (χ0) is 46.3. The van der Waals surface area contributed by atoms with Crippen molar-refractivity contribution in [1.29, 1.82) is 0 Å². The molecule has 0 N–H and O–H groups in total. The van der Waals surface area contributed by atoms with Crippen LogP contribution in [-0.2, 0) is 31.9 Å². The maximum absolute atomic E-state index is 6.95. The Bertz CT molecular complexity index is 3670. The van der Waals surface area contributed by atoms with Crippen LogP contribution < -0.4 is 14.5 Å². The SMILES string of the molecule is CC(C)(C)c1cc(Oc2[c-]c3c(cc2)c2oc4ccc5ccccc5c4c2n3-c2cc(C(C)(C)C)ccn2)[c-]c(N2[CH-]N(c3c(-c4ccccc4)cccc3-c3ccccc3)c3ccccc32)c1.[Pt]. The Balaban J connectivity index is 0.00000520. The van der Waals surface area contributed by atoms with Crippen molar-refractivity contribution in [2.24, 2.45) is 0 Å². The number of nitrogens with zero attached hydrogens (tertiary/aromatic N) is 4. The van der Waals surface area contributed by atoms with E-state index < -0.39 is 0 Å². The minimum atomic E-state index is -0.207. The topological polar surface area (TPSA) is 46.7 Å². The molecular formula is C62H49N4O2Pt-3. The molecule has 1 aliphatic rings. The summed E-state index contributed by atoms with van der Waals surface area (Å²) in [6, 6.07) is 69.3. The molecule has 0 fully saturated rings. The van der Waals surface area contributed by atoms with Crippen LogP contribution >= 0.6 is 0 Å². The molecule has 7 heteroatoms. The van der Waals surface area contributed by atoms with Crippen LogP contribution in [0, 0.1) is 18.8 Å². The number of ether oxygens (including phenoxy) is 1. The first kappa shape index (κ1) is 44.1. The summed E-state index contributed by atoms with van der Waals surface area (Å²) in [5.41, 5.74) is 14.0. The smallest absolute Gasteiger partial charge is 0.136 e. The molecule has 0 saturated heterocycles. The van der Waals surface area contributed by atoms with E-state index in [1.165, 1.54) is 5.56 Å². The second-order valence-corrected chi connectivity index (χ2v) is 19.8. The second kappa shape index (κ2) is 17.0. The fourth-order valence-electron chi connectivity index (χ4n) is 9.73. The standard InChI is InChI=1S/C62H49N4O2.Pt/c1-61(2,3)43-32-33-63-56(36-43)66-54-38-46(29-30-51(54)60-59(66)57-48-23-14-13-22-42(48)28-31-55(57)68-60)67-47-35-44(62(4,5)6)34-45(37-47)64-39-65(53-27-16-15-26-52(53)64)58-49(40-18-9-7-10-19-40)24-17-25-50(58)41-20-11-8-12-21-41;/h7-36,39H,1-6H3;/q-3;. The molecule has 3 aromatic heterocycles. The third kappa shape index (κ3) is 7.68. The average Bonchev–Trinajstić information content (AvgIpc) is 4.03. The van der Waals surface area contributed by atoms with E-state index in [-0.39, 0.29) is 31.9 Å². The quantitative estimate of drug-likeness (QED) is 0.149. The van der Waals surface area contributed by atoms with E-state index in [0.717, 1.165) is 100 Å². The van der Waals surface area contributed by atoms with Gasteiger partial charge in [-0.25, -0.2) is 4.98 Å². The predicted molar refractivity (Wildman–Crippen MR) is 280 cm³/mol. The maximum Gasteiger partial charge on any atom is 0.136 e. The predicted octanol–water partition coefficient (Wildman–Crippen LogP) is 16.8. The van der Waals surface area contributed by atoms with Gasteiger partial charge in [0.25, 0.3) is 0 Å². The summed E-state index contributed by atoms with van der Waals surface area (Å²) in [5.74, 6) is 1.94. The maximum atomic E-state index is 6.95. The van der Waals surface area contributed by atoms with E-state index in [0.29, 0.717) is 11.5 Å². The number of aromatic nitrogens is 2. The van der Waals surface area contributed by atoms with E-state index in [4.69, 9.17) is 14.1 Å². The number of para-hydroxylation sites is 3. The number of furan rings is 1. The van der Waals surface area contributed by atoms with Crippen LogP contribution in [0.5, 0.6) is 11.5 Å². The van der Waals surface area contributed by atoms with Crippen LogP contribution in [0.25, 0.3) is 71.8 Å². The van der Waals surface area contributed by atoms with E-state index >= 15 is 0 Å². The number of benzene rings is 8. The molecule has 0 unspecified atom stereocenters. The van der Waals surface area contributed by atoms with Crippen molar-refractivity contribution in [1.82, 2.24) is 9.55 Å². The van der Waals surface area contributed by atoms with Gasteiger partial charge in [0, 0.05) is 67.0 Å². The molecule has 0 amide bonds. The second-order valence-electron chi connectivity index (χ2n) is 19.8. The van der Waals surface area contributed by atoms with E-state index in [1.807, 2.05) is 12.3 Å². The molecule has 6 nitrogen and oxygen atoms in total. The molecule has 1 aliphatic heterocycles. The molecule has 8 aromatic carbocycles. The van der Waals surface area contributed by atoms with Crippen molar-refractivity contribution in [2.75, 3.05) is 9.80 Å². The Morgan fingerprint density at radius 2 is 1.22 bits per heavy atom. The number of hydrogen-bond acceptors (Lipinski definition) is 5. The summed E-state index contributed by atoms with van der Waals surface area (Å²) in [6.45, 7) is 15.6. The number of fused-ring (bicyclic) bond motifs is 8. The van der Waals surface area contributed by atoms with Gasteiger partial charge >= 0.3 is 0 Å². The molecule has 4 heterocycles. The molecule has 11 aromatic rings. The van der Waals surface area contributed by atoms with Gasteiger partial charge in [0.15, 0.2) is 0 Å². The summed E-state index contributed by atoms with van der Waals surface area (Å²) in [5, 5.41) is 4.24. The summed E-state index contributed by atoms with van der Waals surface area (Å²) in [6.07, 6.45) is 1.90. The van der Waals surface area contributed by atoms with Crippen molar-refractivity contribution in [2.45, 2.75) is 52.4 Å². The Hall–Kier alpha value is -7.40. The van der Waals surface area contributed by atoms with Gasteiger partial charge in [-0.05, 0) is 68.6 Å². The molecule has 12 rings (SSSR count). The summed E-state index contributed by atoms with van der Waals surface area (Å²) < 4.78 is 15.9. The van der Waals surface area contributed by atoms with E-state index in [1.54, 1.807) is 0 Å². The Labute approximate surface area is 417 Å². The monoisotopic (exact) mass is 1080 g/mol. The first-order valence-corrected chi connectivity index (χ1v) is 23.3. The molecule has 0 atom stereocenters. The van der Waals surface area contributed by atoms with Gasteiger partial charge in [-0.15, -0.1) is 48.3 Å². The van der Waals surface area contributed by atoms with Crippen LogP contribution in [0.3, 0.4) is 0 Å². The number of hydrogen-bond donors (Lipinski definition) is 0. The third-order valence-electron chi connectivity index (χ3n) is 13.2. The summed E-state index contributed by atoms with van der Waals surface area (Å²) in [7, 11) is 0. The summed E-state index contributed by atoms with van der Waals surface area (Å²) in [4.78, 5) is 9.58. The Morgan fingerprint density at radius 3 is 1.91 bits per heavy atom. The van der Waals surface area contributed by atoms with Gasteiger partial charge < -0.3 is 23.5 Å². The fourth-order valence-corrected chi connectivity index (χ4v) is 9.73. The minimum Gasteiger partial charge on any atom is -0.509 e. The molecule has 0 saturated carbocycles. The van der Waals surface area contributed by atoms with E-state index in [2.05, 4.69) is 245 Å². The van der Waals surface area contributed by atoms with Crippen molar-refractivity contribution < 1.29 is 30.2 Å². The summed E-state index contributed by atoms with van der Waals surface area (Å²) >= 11 is 0. The number of rotatable bonds is 7. The Morgan fingerprint density at radius 1 is 0.565 bits per heavy atom. The van der Waals surface area contributed by atoms with Crippen LogP contribution in [-0.4, -0.2) is 9.55 Å². The molecule has 0 radical (unpaired) electrons. The van der Waals surface area contributed by atoms with Crippen molar-refractivity contribution >= 4 is 66.5 Å². The first-order valence-electron chi connectivity index (χ1n) is 23.3. The molecular weight excluding hydrogens is 1030 g/mol. The molecule has 342 valence electrons. The van der Waals surface area contributed by atoms with Crippen LogP contribution in [0.4, 0.5) is 22.7 Å². The van der Waals surface area contributed by atoms with Gasteiger partial charge in [-0.3, -0.25) is 0 Å². The van der Waals surface area contributed by atoms with Crippen molar-refractivity contribution in [3.8, 4) is 39.6 Å². The van der Waals surface area contributed by atoms with Crippen LogP contribution in [0.1, 0.15) is 52.7 Å². The largest absolute Gasteiger partial charge is 0.509 e. The van der Waals surface area contributed by atoms with Gasteiger partial charge in [0.2, 0.25) is 0 Å². The first-order chi connectivity index (χ1) is 33.0. The minimum absolute atomic E-state index is 0. The average molecular weight is 1080 g/mol. The normalized spacial score (nSPS) is 12.8. The van der Waals surface area contributed by atoms with Crippen LogP contribution in [0.15, 0.2) is 187 Å². The Kier molecular flexibility index (Phi) is 10.9. The molecule has 69 heavy (non-hydrogen) atoms. The van der Waals surface area contributed by atoms with Gasteiger partial charge in [0.05, 0.1) is 10.9 Å². The van der Waals surface area contributed by atoms with Crippen molar-refractivity contribution in [3.63, 3.8) is 0 Å². The van der Waals surface area contributed by atoms with Crippen molar-refractivity contribution in [3.05, 3.63) is 212 Å².